The van der Waals surface area contributed by atoms with E-state index in [1.165, 1.54) is 25.7 Å². The van der Waals surface area contributed by atoms with Crippen molar-refractivity contribution in [3.8, 4) is 0 Å². The lowest BCUT2D eigenvalue weighted by molar-refractivity contribution is 0.106. The number of hydrogen-bond acceptors (Lipinski definition) is 1. The summed E-state index contributed by atoms with van der Waals surface area (Å²) in [6.07, 6.45) is 7.72. The van der Waals surface area contributed by atoms with E-state index in [1.807, 2.05) is 0 Å². The molecule has 1 nitrogen and oxygen atoms in total. The van der Waals surface area contributed by atoms with Crippen molar-refractivity contribution >= 4 is 11.6 Å². The Bertz CT molecular complexity index is 153. The molecule has 0 bridgehead atoms. The molecule has 1 aliphatic rings. The van der Waals surface area contributed by atoms with Crippen LogP contribution in [-0.2, 0) is 4.74 Å². The number of rotatable bonds is 7. The molecule has 1 saturated carbocycles. The summed E-state index contributed by atoms with van der Waals surface area (Å²) in [5, 5.41) is 0.398. The molecule has 90 valence electrons. The third-order valence-corrected chi connectivity index (χ3v) is 3.71. The molecule has 0 N–H and O–H groups in total. The summed E-state index contributed by atoms with van der Waals surface area (Å²) in [6, 6.07) is 0. The summed E-state index contributed by atoms with van der Waals surface area (Å²) in [5.41, 5.74) is 0. The molecule has 15 heavy (non-hydrogen) atoms. The highest BCUT2D eigenvalue weighted by atomic mass is 35.5. The lowest BCUT2D eigenvalue weighted by Gasteiger charge is -2.16. The van der Waals surface area contributed by atoms with E-state index in [-0.39, 0.29) is 0 Å². The van der Waals surface area contributed by atoms with Gasteiger partial charge in [-0.1, -0.05) is 26.7 Å². The zero-order chi connectivity index (χ0) is 11.1. The fourth-order valence-corrected chi connectivity index (χ4v) is 2.66. The molecule has 0 spiro atoms. The minimum absolute atomic E-state index is 0.398. The van der Waals surface area contributed by atoms with Crippen LogP contribution >= 0.6 is 11.6 Å². The summed E-state index contributed by atoms with van der Waals surface area (Å²) >= 11 is 6.37. The lowest BCUT2D eigenvalue weighted by atomic mass is 10.0. The van der Waals surface area contributed by atoms with Crippen molar-refractivity contribution < 1.29 is 4.74 Å². The van der Waals surface area contributed by atoms with Gasteiger partial charge in [-0.3, -0.25) is 0 Å². The molecule has 0 radical (unpaired) electrons. The second kappa shape index (κ2) is 7.51. The molecule has 0 amide bonds. The highest BCUT2D eigenvalue weighted by molar-refractivity contribution is 6.20. The lowest BCUT2D eigenvalue weighted by Crippen LogP contribution is -2.12. The van der Waals surface area contributed by atoms with Gasteiger partial charge in [0.25, 0.3) is 0 Å². The predicted octanol–water partition coefficient (Wildman–Crippen LogP) is 4.24. The van der Waals surface area contributed by atoms with Crippen molar-refractivity contribution in [3.05, 3.63) is 0 Å². The van der Waals surface area contributed by atoms with Gasteiger partial charge in [-0.05, 0) is 37.5 Å². The van der Waals surface area contributed by atoms with E-state index >= 15 is 0 Å². The fraction of sp³-hybridized carbons (Fsp3) is 1.00. The third-order valence-electron chi connectivity index (χ3n) is 3.13. The van der Waals surface area contributed by atoms with Gasteiger partial charge in [0.05, 0.1) is 0 Å². The summed E-state index contributed by atoms with van der Waals surface area (Å²) in [4.78, 5) is 0. The zero-order valence-electron chi connectivity index (χ0n) is 10.2. The van der Waals surface area contributed by atoms with E-state index in [0.29, 0.717) is 11.3 Å². The van der Waals surface area contributed by atoms with Gasteiger partial charge in [0.15, 0.2) is 0 Å². The van der Waals surface area contributed by atoms with E-state index in [2.05, 4.69) is 13.8 Å². The minimum Gasteiger partial charge on any atom is -0.381 e. The van der Waals surface area contributed by atoms with Crippen LogP contribution in [0.15, 0.2) is 0 Å². The fourth-order valence-electron chi connectivity index (χ4n) is 2.25. The van der Waals surface area contributed by atoms with Crippen molar-refractivity contribution in [3.63, 3.8) is 0 Å². The normalized spacial score (nSPS) is 20.0. The van der Waals surface area contributed by atoms with Crippen LogP contribution in [0.4, 0.5) is 0 Å². The van der Waals surface area contributed by atoms with E-state index in [9.17, 15) is 0 Å². The van der Waals surface area contributed by atoms with Crippen LogP contribution in [0.25, 0.3) is 0 Å². The van der Waals surface area contributed by atoms with Crippen LogP contribution in [0.3, 0.4) is 0 Å². The smallest absolute Gasteiger partial charge is 0.0488 e. The van der Waals surface area contributed by atoms with Gasteiger partial charge in [-0.2, -0.15) is 0 Å². The number of ether oxygens (including phenoxy) is 1. The van der Waals surface area contributed by atoms with Gasteiger partial charge in [0.2, 0.25) is 0 Å². The topological polar surface area (TPSA) is 9.23 Å². The third kappa shape index (κ3) is 5.77. The molecule has 0 aromatic rings. The number of alkyl halides is 1. The molecule has 1 unspecified atom stereocenters. The summed E-state index contributed by atoms with van der Waals surface area (Å²) in [7, 11) is 0. The van der Waals surface area contributed by atoms with Crippen molar-refractivity contribution in [2.45, 2.75) is 57.7 Å². The molecule has 1 rings (SSSR count). The maximum Gasteiger partial charge on any atom is 0.0488 e. The molecule has 1 fully saturated rings. The quantitative estimate of drug-likeness (QED) is 0.471. The Balaban J connectivity index is 1.94. The molecular weight excluding hydrogens is 208 g/mol. The molecule has 1 atom stereocenters. The van der Waals surface area contributed by atoms with Crippen molar-refractivity contribution in [2.24, 2.45) is 11.8 Å². The highest BCUT2D eigenvalue weighted by Crippen LogP contribution is 2.32. The maximum absolute atomic E-state index is 6.37. The molecule has 0 aromatic carbocycles. The van der Waals surface area contributed by atoms with Gasteiger partial charge in [-0.25, -0.2) is 0 Å². The molecule has 1 aliphatic carbocycles. The summed E-state index contributed by atoms with van der Waals surface area (Å²) in [5.74, 6) is 1.43. The summed E-state index contributed by atoms with van der Waals surface area (Å²) in [6.45, 7) is 6.14. The van der Waals surface area contributed by atoms with Crippen LogP contribution in [0.5, 0.6) is 0 Å². The largest absolute Gasteiger partial charge is 0.381 e. The Morgan fingerprint density at radius 1 is 1.27 bits per heavy atom. The first-order chi connectivity index (χ1) is 7.20. The zero-order valence-corrected chi connectivity index (χ0v) is 10.9. The van der Waals surface area contributed by atoms with E-state index in [0.717, 1.165) is 32.0 Å². The van der Waals surface area contributed by atoms with E-state index < -0.39 is 0 Å². The first-order valence-electron chi connectivity index (χ1n) is 6.42. The Labute approximate surface area is 99.5 Å². The number of hydrogen-bond donors (Lipinski definition) is 0. The average molecular weight is 233 g/mol. The van der Waals surface area contributed by atoms with E-state index in [4.69, 9.17) is 16.3 Å². The standard InChI is InChI=1S/C13H25ClO/c1-11(2)10-15-9-5-8-13(14)12-6-3-4-7-12/h11-13H,3-10H2,1-2H3. The first kappa shape index (κ1) is 13.3. The van der Waals surface area contributed by atoms with Crippen LogP contribution < -0.4 is 0 Å². The molecule has 0 aliphatic heterocycles. The summed E-state index contributed by atoms with van der Waals surface area (Å²) < 4.78 is 5.55. The second-order valence-corrected chi connectivity index (χ2v) is 5.73. The van der Waals surface area contributed by atoms with E-state index in [1.54, 1.807) is 0 Å². The first-order valence-corrected chi connectivity index (χ1v) is 6.85. The Hall–Kier alpha value is 0.250. The molecule has 0 saturated heterocycles. The SMILES string of the molecule is CC(C)COCCCC(Cl)C1CCCC1. The van der Waals surface area contributed by atoms with Gasteiger partial charge < -0.3 is 4.74 Å². The molecule has 2 heteroatoms. The van der Waals surface area contributed by atoms with Gasteiger partial charge in [0, 0.05) is 18.6 Å². The Morgan fingerprint density at radius 2 is 1.93 bits per heavy atom. The number of halogens is 1. The van der Waals surface area contributed by atoms with Crippen molar-refractivity contribution in [2.75, 3.05) is 13.2 Å². The van der Waals surface area contributed by atoms with Crippen LogP contribution in [-0.4, -0.2) is 18.6 Å². The van der Waals surface area contributed by atoms with Crippen molar-refractivity contribution in [1.82, 2.24) is 0 Å². The molecular formula is C13H25ClO. The minimum atomic E-state index is 0.398. The van der Waals surface area contributed by atoms with Gasteiger partial charge >= 0.3 is 0 Å². The second-order valence-electron chi connectivity index (χ2n) is 5.17. The molecule has 0 aromatic heterocycles. The average Bonchev–Trinajstić information content (AvgIpc) is 2.69. The monoisotopic (exact) mass is 232 g/mol. The Kier molecular flexibility index (Phi) is 6.67. The van der Waals surface area contributed by atoms with Gasteiger partial charge in [0.1, 0.15) is 0 Å². The molecule has 0 heterocycles. The van der Waals surface area contributed by atoms with Crippen LogP contribution in [0.1, 0.15) is 52.4 Å². The van der Waals surface area contributed by atoms with Crippen molar-refractivity contribution in [1.29, 1.82) is 0 Å². The maximum atomic E-state index is 6.37. The van der Waals surface area contributed by atoms with Gasteiger partial charge in [-0.15, -0.1) is 11.6 Å². The predicted molar refractivity (Wildman–Crippen MR) is 66.5 cm³/mol. The van der Waals surface area contributed by atoms with Crippen LogP contribution in [0.2, 0.25) is 0 Å². The van der Waals surface area contributed by atoms with Crippen LogP contribution in [0, 0.1) is 11.8 Å². The highest BCUT2D eigenvalue weighted by Gasteiger charge is 2.22. The Morgan fingerprint density at radius 3 is 2.53 bits per heavy atom.